The molecule has 0 spiro atoms. The molecule has 0 saturated carbocycles. The molecule has 0 aromatic carbocycles. The molecule has 0 unspecified atom stereocenters. The predicted octanol–water partition coefficient (Wildman–Crippen LogP) is 0.647. The molecule has 4 heteroatoms. The van der Waals surface area contributed by atoms with Crippen LogP contribution in [0.15, 0.2) is 23.6 Å². The van der Waals surface area contributed by atoms with Gasteiger partial charge in [0.25, 0.3) is 0 Å². The van der Waals surface area contributed by atoms with Crippen LogP contribution in [0.1, 0.15) is 18.5 Å². The number of nitrogens with zero attached hydrogens (tertiary/aromatic N) is 3. The standard InChI is InChI=1S/C10H14N4/c1-4-11-5-2-9(1)13-7-10-3-6-12-8-14-10/h3,6-9,11H,1-2,4-5H2. The van der Waals surface area contributed by atoms with Gasteiger partial charge in [-0.25, -0.2) is 9.97 Å². The van der Waals surface area contributed by atoms with Crippen LogP contribution in [0.5, 0.6) is 0 Å². The molecule has 1 saturated heterocycles. The Morgan fingerprint density at radius 1 is 1.43 bits per heavy atom. The third kappa shape index (κ3) is 2.60. The molecule has 1 aromatic rings. The second kappa shape index (κ2) is 4.81. The van der Waals surface area contributed by atoms with Gasteiger partial charge in [0.15, 0.2) is 0 Å². The maximum atomic E-state index is 4.50. The fourth-order valence-corrected chi connectivity index (χ4v) is 1.51. The van der Waals surface area contributed by atoms with Gasteiger partial charge in [-0.15, -0.1) is 0 Å². The quantitative estimate of drug-likeness (QED) is 0.696. The van der Waals surface area contributed by atoms with Crippen molar-refractivity contribution >= 4 is 6.21 Å². The third-order valence-corrected chi connectivity index (χ3v) is 2.33. The van der Waals surface area contributed by atoms with Gasteiger partial charge in [0, 0.05) is 12.4 Å². The lowest BCUT2D eigenvalue weighted by molar-refractivity contribution is 0.461. The topological polar surface area (TPSA) is 50.2 Å². The van der Waals surface area contributed by atoms with E-state index in [0.717, 1.165) is 31.6 Å². The predicted molar refractivity (Wildman–Crippen MR) is 55.5 cm³/mol. The maximum absolute atomic E-state index is 4.50. The van der Waals surface area contributed by atoms with Gasteiger partial charge in [0.05, 0.1) is 11.7 Å². The Kier molecular flexibility index (Phi) is 3.19. The van der Waals surface area contributed by atoms with E-state index < -0.39 is 0 Å². The molecule has 0 atom stereocenters. The van der Waals surface area contributed by atoms with Crippen molar-refractivity contribution in [2.75, 3.05) is 13.1 Å². The van der Waals surface area contributed by atoms with E-state index in [2.05, 4.69) is 20.3 Å². The van der Waals surface area contributed by atoms with E-state index in [0.29, 0.717) is 6.04 Å². The second-order valence-corrected chi connectivity index (χ2v) is 3.39. The van der Waals surface area contributed by atoms with Gasteiger partial charge in [-0.05, 0) is 32.0 Å². The van der Waals surface area contributed by atoms with Crippen molar-refractivity contribution in [2.45, 2.75) is 18.9 Å². The highest BCUT2D eigenvalue weighted by atomic mass is 14.9. The van der Waals surface area contributed by atoms with E-state index in [9.17, 15) is 0 Å². The minimum absolute atomic E-state index is 0.464. The van der Waals surface area contributed by atoms with E-state index in [1.165, 1.54) is 0 Å². The van der Waals surface area contributed by atoms with E-state index in [-0.39, 0.29) is 0 Å². The van der Waals surface area contributed by atoms with Gasteiger partial charge in [-0.3, -0.25) is 4.99 Å². The smallest absolute Gasteiger partial charge is 0.116 e. The first-order valence-corrected chi connectivity index (χ1v) is 4.95. The van der Waals surface area contributed by atoms with Crippen LogP contribution in [0.4, 0.5) is 0 Å². The summed E-state index contributed by atoms with van der Waals surface area (Å²) in [5, 5.41) is 3.31. The van der Waals surface area contributed by atoms with Gasteiger partial charge >= 0.3 is 0 Å². The summed E-state index contributed by atoms with van der Waals surface area (Å²) in [6.45, 7) is 2.15. The summed E-state index contributed by atoms with van der Waals surface area (Å²) >= 11 is 0. The number of aliphatic imine (C=N–C) groups is 1. The molecule has 74 valence electrons. The summed E-state index contributed by atoms with van der Waals surface area (Å²) in [4.78, 5) is 12.4. The number of hydrogen-bond acceptors (Lipinski definition) is 4. The van der Waals surface area contributed by atoms with Crippen LogP contribution in [-0.2, 0) is 0 Å². The van der Waals surface area contributed by atoms with Crippen LogP contribution in [0, 0.1) is 0 Å². The largest absolute Gasteiger partial charge is 0.317 e. The summed E-state index contributed by atoms with van der Waals surface area (Å²) in [6, 6.07) is 2.33. The van der Waals surface area contributed by atoms with E-state index >= 15 is 0 Å². The molecular formula is C10H14N4. The highest BCUT2D eigenvalue weighted by Crippen LogP contribution is 2.06. The summed E-state index contributed by atoms with van der Waals surface area (Å²) in [7, 11) is 0. The van der Waals surface area contributed by atoms with Crippen molar-refractivity contribution in [1.82, 2.24) is 15.3 Å². The molecule has 1 N–H and O–H groups in total. The van der Waals surface area contributed by atoms with Crippen LogP contribution < -0.4 is 5.32 Å². The van der Waals surface area contributed by atoms with Gasteiger partial charge in [0.1, 0.15) is 6.33 Å². The highest BCUT2D eigenvalue weighted by Gasteiger charge is 2.09. The number of rotatable bonds is 2. The van der Waals surface area contributed by atoms with Crippen LogP contribution >= 0.6 is 0 Å². The lowest BCUT2D eigenvalue weighted by Gasteiger charge is -2.18. The number of nitrogens with one attached hydrogen (secondary N) is 1. The third-order valence-electron chi connectivity index (χ3n) is 2.33. The first kappa shape index (κ1) is 9.27. The van der Waals surface area contributed by atoms with Gasteiger partial charge in [-0.2, -0.15) is 0 Å². The average molecular weight is 190 g/mol. The molecule has 1 fully saturated rings. The van der Waals surface area contributed by atoms with Gasteiger partial charge in [0.2, 0.25) is 0 Å². The Morgan fingerprint density at radius 2 is 2.29 bits per heavy atom. The zero-order valence-electron chi connectivity index (χ0n) is 8.06. The molecule has 1 aliphatic heterocycles. The van der Waals surface area contributed by atoms with Crippen molar-refractivity contribution in [3.63, 3.8) is 0 Å². The Morgan fingerprint density at radius 3 is 3.00 bits per heavy atom. The highest BCUT2D eigenvalue weighted by molar-refractivity contribution is 5.76. The monoisotopic (exact) mass is 190 g/mol. The first-order chi connectivity index (χ1) is 6.95. The Hall–Kier alpha value is -1.29. The van der Waals surface area contributed by atoms with E-state index in [1.807, 2.05) is 12.3 Å². The summed E-state index contributed by atoms with van der Waals surface area (Å²) in [5.74, 6) is 0. The second-order valence-electron chi connectivity index (χ2n) is 3.39. The number of aromatic nitrogens is 2. The molecule has 14 heavy (non-hydrogen) atoms. The number of hydrogen-bond donors (Lipinski definition) is 1. The van der Waals surface area contributed by atoms with Crippen LogP contribution in [0.2, 0.25) is 0 Å². The molecule has 2 heterocycles. The average Bonchev–Trinajstić information content (AvgIpc) is 2.29. The molecular weight excluding hydrogens is 176 g/mol. The zero-order valence-corrected chi connectivity index (χ0v) is 8.06. The van der Waals surface area contributed by atoms with Crippen molar-refractivity contribution in [3.8, 4) is 0 Å². The molecule has 1 aliphatic rings. The molecule has 0 amide bonds. The maximum Gasteiger partial charge on any atom is 0.116 e. The van der Waals surface area contributed by atoms with Crippen LogP contribution in [0.25, 0.3) is 0 Å². The summed E-state index contributed by atoms with van der Waals surface area (Å²) < 4.78 is 0. The minimum Gasteiger partial charge on any atom is -0.317 e. The molecule has 4 nitrogen and oxygen atoms in total. The summed E-state index contributed by atoms with van der Waals surface area (Å²) in [6.07, 6.45) is 7.38. The van der Waals surface area contributed by atoms with Crippen molar-refractivity contribution in [2.24, 2.45) is 4.99 Å². The minimum atomic E-state index is 0.464. The molecule has 0 aliphatic carbocycles. The Labute approximate surface area is 83.5 Å². The molecule has 2 rings (SSSR count). The van der Waals surface area contributed by atoms with Gasteiger partial charge < -0.3 is 5.32 Å². The van der Waals surface area contributed by atoms with E-state index in [4.69, 9.17) is 0 Å². The Balaban J connectivity index is 1.93. The molecule has 0 radical (unpaired) electrons. The first-order valence-electron chi connectivity index (χ1n) is 4.95. The summed E-state index contributed by atoms with van der Waals surface area (Å²) in [5.41, 5.74) is 0.888. The fraction of sp³-hybridized carbons (Fsp3) is 0.500. The fourth-order valence-electron chi connectivity index (χ4n) is 1.51. The molecule has 1 aromatic heterocycles. The van der Waals surface area contributed by atoms with Crippen molar-refractivity contribution < 1.29 is 0 Å². The Bertz CT molecular complexity index is 290. The van der Waals surface area contributed by atoms with Crippen molar-refractivity contribution in [1.29, 1.82) is 0 Å². The lowest BCUT2D eigenvalue weighted by Crippen LogP contribution is -2.29. The van der Waals surface area contributed by atoms with Crippen LogP contribution in [0.3, 0.4) is 0 Å². The van der Waals surface area contributed by atoms with Crippen molar-refractivity contribution in [3.05, 3.63) is 24.3 Å². The van der Waals surface area contributed by atoms with Gasteiger partial charge in [-0.1, -0.05) is 0 Å². The van der Waals surface area contributed by atoms with E-state index in [1.54, 1.807) is 12.5 Å². The molecule has 0 bridgehead atoms. The normalized spacial score (nSPS) is 18.9. The SMILES string of the molecule is C(=NC1CCNCC1)c1ccncn1. The lowest BCUT2D eigenvalue weighted by atomic mass is 10.1. The number of piperidine rings is 1. The van der Waals surface area contributed by atoms with Crippen LogP contribution in [-0.4, -0.2) is 35.3 Å². The zero-order chi connectivity index (χ0) is 9.64.